The molecule has 0 fully saturated rings. The van der Waals surface area contributed by atoms with Crippen LogP contribution in [0.5, 0.6) is 0 Å². The molecule has 7 nitrogen and oxygen atoms in total. The second-order valence-electron chi connectivity index (χ2n) is 8.59. The topological polar surface area (TPSA) is 93.2 Å². The average molecular weight is 460 g/mol. The molecule has 4 aromatic rings. The Morgan fingerprint density at radius 2 is 1.91 bits per heavy atom. The summed E-state index contributed by atoms with van der Waals surface area (Å²) in [5.41, 5.74) is -1.97. The maximum absolute atomic E-state index is 15.2. The van der Waals surface area contributed by atoms with Gasteiger partial charge in [0, 0.05) is 24.1 Å². The highest BCUT2D eigenvalue weighted by atomic mass is 19.3. The van der Waals surface area contributed by atoms with Crippen molar-refractivity contribution in [2.75, 3.05) is 5.32 Å². The Labute approximate surface area is 186 Å². The summed E-state index contributed by atoms with van der Waals surface area (Å²) in [5, 5.41) is 13.5. The first-order valence-electron chi connectivity index (χ1n) is 10.2. The standard InChI is InChI=1S/C23H23F3N4O3/c1-11(13-7-6-8-15(19(13)24)23(25,26)22(3,4)32)27-20-14-9-17-18(33-21(31)30(17)5)10-16(14)28-12(2)29-20/h6-11,32H,1-5H3,(H,27,28,29)/t11-/m1/s1. The van der Waals surface area contributed by atoms with Gasteiger partial charge in [-0.1, -0.05) is 12.1 Å². The average Bonchev–Trinajstić information content (AvgIpc) is 2.98. The minimum atomic E-state index is -3.80. The summed E-state index contributed by atoms with van der Waals surface area (Å²) in [5.74, 6) is -4.68. The molecular weight excluding hydrogens is 437 g/mol. The summed E-state index contributed by atoms with van der Waals surface area (Å²) in [6.45, 7) is 5.15. The third-order valence-electron chi connectivity index (χ3n) is 5.68. The van der Waals surface area contributed by atoms with E-state index in [-0.39, 0.29) is 5.56 Å². The van der Waals surface area contributed by atoms with Crippen molar-refractivity contribution in [1.82, 2.24) is 14.5 Å². The van der Waals surface area contributed by atoms with E-state index < -0.39 is 34.7 Å². The van der Waals surface area contributed by atoms with Crippen molar-refractivity contribution in [2.45, 2.75) is 45.3 Å². The van der Waals surface area contributed by atoms with Crippen molar-refractivity contribution in [2.24, 2.45) is 7.05 Å². The quantitative estimate of drug-likeness (QED) is 0.454. The fourth-order valence-electron chi connectivity index (χ4n) is 3.72. The molecule has 0 bridgehead atoms. The highest BCUT2D eigenvalue weighted by Crippen LogP contribution is 2.41. The van der Waals surface area contributed by atoms with Crippen molar-refractivity contribution < 1.29 is 22.7 Å². The number of rotatable bonds is 5. The van der Waals surface area contributed by atoms with Gasteiger partial charge >= 0.3 is 11.7 Å². The third-order valence-corrected chi connectivity index (χ3v) is 5.68. The zero-order valence-corrected chi connectivity index (χ0v) is 18.7. The summed E-state index contributed by atoms with van der Waals surface area (Å²) in [6, 6.07) is 6.21. The number of oxazole rings is 1. The highest BCUT2D eigenvalue weighted by Gasteiger charge is 2.49. The maximum Gasteiger partial charge on any atom is 0.419 e. The number of nitrogens with one attached hydrogen (secondary N) is 1. The van der Waals surface area contributed by atoms with Crippen LogP contribution in [0.4, 0.5) is 19.0 Å². The molecule has 0 radical (unpaired) electrons. The minimum absolute atomic E-state index is 0.0161. The number of aliphatic hydroxyl groups is 1. The van der Waals surface area contributed by atoms with Crippen LogP contribution in [0.15, 0.2) is 39.5 Å². The fourth-order valence-corrected chi connectivity index (χ4v) is 3.72. The van der Waals surface area contributed by atoms with Crippen LogP contribution in [0, 0.1) is 12.7 Å². The molecule has 0 spiro atoms. The molecule has 0 saturated carbocycles. The molecule has 10 heteroatoms. The number of benzene rings is 2. The lowest BCUT2D eigenvalue weighted by atomic mass is 9.91. The summed E-state index contributed by atoms with van der Waals surface area (Å²) in [4.78, 5) is 20.6. The van der Waals surface area contributed by atoms with E-state index in [0.717, 1.165) is 19.9 Å². The predicted octanol–water partition coefficient (Wildman–Crippen LogP) is 4.56. The van der Waals surface area contributed by atoms with Gasteiger partial charge in [-0.15, -0.1) is 0 Å². The van der Waals surface area contributed by atoms with E-state index in [0.29, 0.717) is 33.6 Å². The number of halogens is 3. The lowest BCUT2D eigenvalue weighted by Gasteiger charge is -2.30. The number of fused-ring (bicyclic) bond motifs is 2. The van der Waals surface area contributed by atoms with E-state index in [2.05, 4.69) is 15.3 Å². The van der Waals surface area contributed by atoms with Crippen LogP contribution in [0.2, 0.25) is 0 Å². The monoisotopic (exact) mass is 460 g/mol. The van der Waals surface area contributed by atoms with Gasteiger partial charge in [0.05, 0.1) is 22.6 Å². The lowest BCUT2D eigenvalue weighted by molar-refractivity contribution is -0.170. The summed E-state index contributed by atoms with van der Waals surface area (Å²) >= 11 is 0. The Hall–Kier alpha value is -3.40. The molecule has 174 valence electrons. The van der Waals surface area contributed by atoms with E-state index in [9.17, 15) is 18.7 Å². The first-order valence-corrected chi connectivity index (χ1v) is 10.2. The molecule has 2 aromatic carbocycles. The molecule has 0 saturated heterocycles. The minimum Gasteiger partial charge on any atom is -0.408 e. The first kappa shape index (κ1) is 22.8. The van der Waals surface area contributed by atoms with Gasteiger partial charge in [-0.05, 0) is 39.8 Å². The van der Waals surface area contributed by atoms with Crippen LogP contribution >= 0.6 is 0 Å². The van der Waals surface area contributed by atoms with Crippen molar-refractivity contribution >= 4 is 27.8 Å². The summed E-state index contributed by atoms with van der Waals surface area (Å²) in [6.07, 6.45) is 0. The number of hydrogen-bond acceptors (Lipinski definition) is 6. The van der Waals surface area contributed by atoms with Gasteiger partial charge in [0.25, 0.3) is 0 Å². The molecule has 0 aliphatic rings. The normalized spacial score (nSPS) is 13.6. The van der Waals surface area contributed by atoms with Crippen molar-refractivity contribution in [3.05, 3.63) is 63.7 Å². The SMILES string of the molecule is Cc1nc(N[C@H](C)c2cccc(C(F)(F)C(C)(C)O)c2F)c2cc3c(cc2n1)oc(=O)n3C. The Kier molecular flexibility index (Phi) is 5.24. The fraction of sp³-hybridized carbons (Fsp3) is 0.348. The van der Waals surface area contributed by atoms with E-state index in [1.54, 1.807) is 33.0 Å². The molecule has 33 heavy (non-hydrogen) atoms. The highest BCUT2D eigenvalue weighted by molar-refractivity contribution is 5.98. The van der Waals surface area contributed by atoms with Crippen molar-refractivity contribution in [3.63, 3.8) is 0 Å². The maximum atomic E-state index is 15.2. The van der Waals surface area contributed by atoms with Crippen LogP contribution in [-0.2, 0) is 13.0 Å². The van der Waals surface area contributed by atoms with Gasteiger partial charge in [0.2, 0.25) is 0 Å². The molecule has 4 rings (SSSR count). The molecule has 1 atom stereocenters. The zero-order valence-electron chi connectivity index (χ0n) is 18.7. The largest absolute Gasteiger partial charge is 0.419 e. The zero-order chi connectivity index (χ0) is 24.3. The summed E-state index contributed by atoms with van der Waals surface area (Å²) < 4.78 is 51.1. The van der Waals surface area contributed by atoms with E-state index in [4.69, 9.17) is 4.42 Å². The molecule has 2 aromatic heterocycles. The lowest BCUT2D eigenvalue weighted by Crippen LogP contribution is -2.41. The number of aromatic nitrogens is 3. The van der Waals surface area contributed by atoms with Gasteiger partial charge in [-0.25, -0.2) is 19.2 Å². The first-order chi connectivity index (χ1) is 15.3. The molecule has 0 unspecified atom stereocenters. The predicted molar refractivity (Wildman–Crippen MR) is 118 cm³/mol. The molecular formula is C23H23F3N4O3. The van der Waals surface area contributed by atoms with Crippen LogP contribution in [0.1, 0.15) is 43.8 Å². The molecule has 0 aliphatic heterocycles. The number of hydrogen-bond donors (Lipinski definition) is 2. The molecule has 0 aliphatic carbocycles. The van der Waals surface area contributed by atoms with E-state index in [1.165, 1.54) is 16.7 Å². The molecule has 2 N–H and O–H groups in total. The number of anilines is 1. The smallest absolute Gasteiger partial charge is 0.408 e. The van der Waals surface area contributed by atoms with Crippen LogP contribution in [-0.4, -0.2) is 25.2 Å². The van der Waals surface area contributed by atoms with Crippen molar-refractivity contribution in [3.8, 4) is 0 Å². The van der Waals surface area contributed by atoms with Gasteiger partial charge in [-0.2, -0.15) is 8.78 Å². The molecule has 0 amide bonds. The van der Waals surface area contributed by atoms with E-state index >= 15 is 4.39 Å². The van der Waals surface area contributed by atoms with E-state index in [1.807, 2.05) is 0 Å². The van der Waals surface area contributed by atoms with Crippen LogP contribution in [0.3, 0.4) is 0 Å². The van der Waals surface area contributed by atoms with Crippen LogP contribution < -0.4 is 11.1 Å². The Balaban J connectivity index is 1.80. The number of alkyl halides is 2. The second kappa shape index (κ2) is 7.58. The third kappa shape index (κ3) is 3.74. The van der Waals surface area contributed by atoms with Gasteiger partial charge in [0.1, 0.15) is 23.1 Å². The summed E-state index contributed by atoms with van der Waals surface area (Å²) in [7, 11) is 1.56. The Bertz CT molecular complexity index is 1440. The molecule has 2 heterocycles. The number of aryl methyl sites for hydroxylation is 2. The van der Waals surface area contributed by atoms with Gasteiger partial charge < -0.3 is 14.8 Å². The Morgan fingerprint density at radius 3 is 2.58 bits per heavy atom. The van der Waals surface area contributed by atoms with Crippen molar-refractivity contribution in [1.29, 1.82) is 0 Å². The number of nitrogens with zero attached hydrogens (tertiary/aromatic N) is 3. The second-order valence-corrected chi connectivity index (χ2v) is 8.59. The van der Waals surface area contributed by atoms with Gasteiger partial charge in [0.15, 0.2) is 5.58 Å². The Morgan fingerprint density at radius 1 is 1.21 bits per heavy atom. The van der Waals surface area contributed by atoms with Gasteiger partial charge in [-0.3, -0.25) is 4.57 Å². The van der Waals surface area contributed by atoms with Crippen LogP contribution in [0.25, 0.3) is 22.0 Å².